The number of esters is 1. The molecule has 43 heavy (non-hydrogen) atoms. The lowest BCUT2D eigenvalue weighted by molar-refractivity contribution is -0.384. The molecule has 14 heteroatoms. The smallest absolute Gasteiger partial charge is 0.337 e. The van der Waals surface area contributed by atoms with Gasteiger partial charge >= 0.3 is 11.9 Å². The summed E-state index contributed by atoms with van der Waals surface area (Å²) in [5.74, 6) is -1.19. The Hall–Kier alpha value is -5.76. The number of anilines is 2. The Morgan fingerprint density at radius 2 is 1.67 bits per heavy atom. The molecule has 0 aliphatic rings. The van der Waals surface area contributed by atoms with Crippen LogP contribution in [0, 0.1) is 10.1 Å². The predicted octanol–water partition coefficient (Wildman–Crippen LogP) is 4.91. The summed E-state index contributed by atoms with van der Waals surface area (Å²) in [6.07, 6.45) is 1.41. The quantitative estimate of drug-likeness (QED) is 0.0868. The number of benzene rings is 4. The van der Waals surface area contributed by atoms with Gasteiger partial charge in [-0.15, -0.1) is 0 Å². The first-order valence-corrected chi connectivity index (χ1v) is 13.9. The highest BCUT2D eigenvalue weighted by Crippen LogP contribution is 2.29. The number of nitrogens with zero attached hydrogens (tertiary/aromatic N) is 2. The van der Waals surface area contributed by atoms with Crippen molar-refractivity contribution in [2.75, 3.05) is 17.3 Å². The largest absolute Gasteiger partial charge is 0.489 e. The molecule has 4 rings (SSSR count). The van der Waals surface area contributed by atoms with E-state index in [0.29, 0.717) is 16.9 Å². The molecule has 0 saturated heterocycles. The number of aromatic carboxylic acids is 1. The van der Waals surface area contributed by atoms with Crippen molar-refractivity contribution in [3.8, 4) is 5.75 Å². The summed E-state index contributed by atoms with van der Waals surface area (Å²) in [6, 6.07) is 22.2. The number of hydrazone groups is 1. The van der Waals surface area contributed by atoms with Crippen LogP contribution in [0.5, 0.6) is 5.75 Å². The number of carbonyl (C=O) groups excluding carboxylic acids is 1. The van der Waals surface area contributed by atoms with Crippen LogP contribution < -0.4 is 14.9 Å². The molecule has 0 amide bonds. The maximum absolute atomic E-state index is 12.9. The summed E-state index contributed by atoms with van der Waals surface area (Å²) in [5, 5.41) is 25.0. The van der Waals surface area contributed by atoms with Crippen molar-refractivity contribution >= 4 is 45.2 Å². The summed E-state index contributed by atoms with van der Waals surface area (Å²) in [4.78, 5) is 33.4. The van der Waals surface area contributed by atoms with Crippen molar-refractivity contribution in [2.24, 2.45) is 5.10 Å². The zero-order chi connectivity index (χ0) is 31.0. The first-order valence-electron chi connectivity index (χ1n) is 12.4. The van der Waals surface area contributed by atoms with E-state index in [9.17, 15) is 33.2 Å². The maximum atomic E-state index is 12.9. The van der Waals surface area contributed by atoms with Crippen molar-refractivity contribution in [3.05, 3.63) is 123 Å². The van der Waals surface area contributed by atoms with Gasteiger partial charge in [-0.25, -0.2) is 18.0 Å². The zero-order valence-electron chi connectivity index (χ0n) is 22.5. The number of ether oxygens (including phenoxy) is 2. The molecule has 0 heterocycles. The number of sulfonamides is 1. The molecule has 4 aromatic carbocycles. The van der Waals surface area contributed by atoms with Crippen molar-refractivity contribution < 1.29 is 37.5 Å². The maximum Gasteiger partial charge on any atom is 0.337 e. The fourth-order valence-corrected chi connectivity index (χ4v) is 4.83. The van der Waals surface area contributed by atoms with Crippen molar-refractivity contribution in [1.29, 1.82) is 0 Å². The van der Waals surface area contributed by atoms with E-state index in [-0.39, 0.29) is 23.5 Å². The number of nitro groups is 1. The third-order valence-corrected chi connectivity index (χ3v) is 7.30. The summed E-state index contributed by atoms with van der Waals surface area (Å²) in [5.41, 5.74) is 3.39. The molecule has 0 aliphatic heterocycles. The number of nitro benzene ring substituents is 1. The minimum atomic E-state index is -4.35. The van der Waals surface area contributed by atoms with Crippen LogP contribution in [0.15, 0.2) is 101 Å². The fourth-order valence-electron chi connectivity index (χ4n) is 3.73. The van der Waals surface area contributed by atoms with E-state index in [4.69, 9.17) is 4.74 Å². The normalized spacial score (nSPS) is 11.1. The average molecular weight is 605 g/mol. The van der Waals surface area contributed by atoms with E-state index in [1.165, 1.54) is 43.7 Å². The van der Waals surface area contributed by atoms with E-state index in [1.54, 1.807) is 48.5 Å². The van der Waals surface area contributed by atoms with Crippen molar-refractivity contribution in [1.82, 2.24) is 0 Å². The van der Waals surface area contributed by atoms with Gasteiger partial charge in [0.15, 0.2) is 0 Å². The van der Waals surface area contributed by atoms with Gasteiger partial charge in [-0.1, -0.05) is 24.3 Å². The van der Waals surface area contributed by atoms with Gasteiger partial charge < -0.3 is 14.6 Å². The van der Waals surface area contributed by atoms with Gasteiger partial charge in [0, 0.05) is 6.07 Å². The topological polar surface area (TPSA) is 187 Å². The van der Waals surface area contributed by atoms with E-state index in [0.717, 1.165) is 17.7 Å². The first-order chi connectivity index (χ1) is 20.6. The number of carboxylic acid groups (broad SMARTS) is 1. The standard InChI is InChI=1S/C29H24N4O9S/c1-41-29(36)21-10-6-20(7-11-21)18-42-22-12-8-19(9-13-22)17-30-31-26-15-14-23(16-27(26)33(37)38)43(39,40)32-25-5-3-2-4-24(25)28(34)35/h2-17,31-32H,18H2,1H3,(H,34,35). The number of nitrogens with one attached hydrogen (secondary N) is 2. The Balaban J connectivity index is 1.40. The van der Waals surface area contributed by atoms with E-state index in [1.807, 2.05) is 0 Å². The zero-order valence-corrected chi connectivity index (χ0v) is 23.3. The Bertz CT molecular complexity index is 1790. The second-order valence-corrected chi connectivity index (χ2v) is 10.5. The van der Waals surface area contributed by atoms with E-state index in [2.05, 4.69) is 20.0 Å². The molecular formula is C29H24N4O9S. The second-order valence-electron chi connectivity index (χ2n) is 8.81. The monoisotopic (exact) mass is 604 g/mol. The molecule has 3 N–H and O–H groups in total. The molecular weight excluding hydrogens is 580 g/mol. The second kappa shape index (κ2) is 13.3. The summed E-state index contributed by atoms with van der Waals surface area (Å²) in [6.45, 7) is 0.271. The van der Waals surface area contributed by atoms with Crippen LogP contribution >= 0.6 is 0 Å². The summed E-state index contributed by atoms with van der Waals surface area (Å²) in [7, 11) is -3.04. The van der Waals surface area contributed by atoms with Crippen LogP contribution in [0.25, 0.3) is 0 Å². The van der Waals surface area contributed by atoms with Crippen molar-refractivity contribution in [3.63, 3.8) is 0 Å². The lowest BCUT2D eigenvalue weighted by atomic mass is 10.1. The fraction of sp³-hybridized carbons (Fsp3) is 0.0690. The lowest BCUT2D eigenvalue weighted by Crippen LogP contribution is -2.16. The predicted molar refractivity (Wildman–Crippen MR) is 157 cm³/mol. The van der Waals surface area contributed by atoms with Crippen LogP contribution in [0.3, 0.4) is 0 Å². The Kier molecular flexibility index (Phi) is 9.32. The Morgan fingerprint density at radius 1 is 0.977 bits per heavy atom. The third-order valence-electron chi connectivity index (χ3n) is 5.94. The third kappa shape index (κ3) is 7.71. The van der Waals surface area contributed by atoms with Gasteiger partial charge in [0.2, 0.25) is 0 Å². The number of hydrogen-bond donors (Lipinski definition) is 3. The summed E-state index contributed by atoms with van der Waals surface area (Å²) < 4.78 is 38.3. The van der Waals surface area contributed by atoms with Gasteiger partial charge in [0.05, 0.1) is 40.0 Å². The average Bonchev–Trinajstić information content (AvgIpc) is 3.00. The molecule has 0 spiro atoms. The highest BCUT2D eigenvalue weighted by atomic mass is 32.2. The molecule has 220 valence electrons. The van der Waals surface area contributed by atoms with E-state index < -0.39 is 37.5 Å². The number of para-hydroxylation sites is 1. The van der Waals surface area contributed by atoms with Crippen LogP contribution in [0.2, 0.25) is 0 Å². The number of hydrogen-bond acceptors (Lipinski definition) is 10. The molecule has 0 aromatic heterocycles. The van der Waals surface area contributed by atoms with Gasteiger partial charge in [0.25, 0.3) is 15.7 Å². The molecule has 0 fully saturated rings. The Morgan fingerprint density at radius 3 is 2.33 bits per heavy atom. The van der Waals surface area contributed by atoms with Crippen LogP contribution in [0.1, 0.15) is 31.8 Å². The van der Waals surface area contributed by atoms with Crippen LogP contribution in [-0.2, 0) is 21.4 Å². The highest BCUT2D eigenvalue weighted by Gasteiger charge is 2.23. The van der Waals surface area contributed by atoms with Gasteiger partial charge in [-0.2, -0.15) is 5.10 Å². The number of carboxylic acids is 1. The molecule has 0 unspecified atom stereocenters. The van der Waals surface area contributed by atoms with Gasteiger partial charge in [-0.05, 0) is 71.8 Å². The molecule has 0 atom stereocenters. The van der Waals surface area contributed by atoms with Crippen LogP contribution in [0.4, 0.5) is 17.1 Å². The highest BCUT2D eigenvalue weighted by molar-refractivity contribution is 7.92. The first kappa shape index (κ1) is 30.2. The van der Waals surface area contributed by atoms with Crippen molar-refractivity contribution in [2.45, 2.75) is 11.5 Å². The molecule has 0 aliphatic carbocycles. The SMILES string of the molecule is COC(=O)c1ccc(COc2ccc(C=NNc3ccc(S(=O)(=O)Nc4ccccc4C(=O)O)cc3[N+](=O)[O-])cc2)cc1. The summed E-state index contributed by atoms with van der Waals surface area (Å²) >= 11 is 0. The van der Waals surface area contributed by atoms with Crippen LogP contribution in [-0.4, -0.2) is 43.7 Å². The Labute approximate surface area is 245 Å². The number of carbonyl (C=O) groups is 2. The van der Waals surface area contributed by atoms with E-state index >= 15 is 0 Å². The lowest BCUT2D eigenvalue weighted by Gasteiger charge is -2.11. The molecule has 0 bridgehead atoms. The van der Waals surface area contributed by atoms with Gasteiger partial charge in [0.1, 0.15) is 18.0 Å². The molecule has 13 nitrogen and oxygen atoms in total. The number of rotatable bonds is 12. The van der Waals surface area contributed by atoms with Gasteiger partial charge in [-0.3, -0.25) is 20.3 Å². The number of methoxy groups -OCH3 is 1. The molecule has 0 saturated carbocycles. The minimum Gasteiger partial charge on any atom is -0.489 e. The minimum absolute atomic E-state index is 0.0655. The molecule has 0 radical (unpaired) electrons. The molecule has 4 aromatic rings.